The fraction of sp³-hybridized carbons (Fsp3) is 0.923. The molecule has 8 heteroatoms. The smallest absolute Gasteiger partial charge is 0.156 e. The van der Waals surface area contributed by atoms with E-state index in [0.29, 0.717) is 6.54 Å². The molecule has 1 fully saturated rings. The lowest BCUT2D eigenvalue weighted by atomic mass is 9.94. The minimum Gasteiger partial charge on any atom is -0.409 e. The van der Waals surface area contributed by atoms with E-state index >= 15 is 0 Å². The number of likely N-dealkylation sites (tertiary alicyclic amines) is 1. The molecule has 0 spiro atoms. The molecule has 21 heavy (non-hydrogen) atoms. The molecule has 1 heterocycles. The SMILES string of the molecule is CSC1(C(N)=NO)CCN(CCS(=O)(=O)C(C)(C)C)CC1. The number of rotatable bonds is 5. The number of piperidine rings is 1. The van der Waals surface area contributed by atoms with E-state index in [1.54, 1.807) is 32.5 Å². The maximum absolute atomic E-state index is 12.1. The third kappa shape index (κ3) is 4.26. The highest BCUT2D eigenvalue weighted by Gasteiger charge is 2.38. The van der Waals surface area contributed by atoms with Crippen molar-refractivity contribution in [3.05, 3.63) is 0 Å². The van der Waals surface area contributed by atoms with E-state index in [0.717, 1.165) is 25.9 Å². The number of nitrogens with zero attached hydrogens (tertiary/aromatic N) is 2. The van der Waals surface area contributed by atoms with Gasteiger partial charge in [-0.3, -0.25) is 0 Å². The second-order valence-electron chi connectivity index (χ2n) is 6.46. The maximum atomic E-state index is 12.1. The predicted molar refractivity (Wildman–Crippen MR) is 88.9 cm³/mol. The topological polar surface area (TPSA) is 96.0 Å². The molecule has 0 amide bonds. The molecule has 1 aliphatic rings. The summed E-state index contributed by atoms with van der Waals surface area (Å²) < 4.78 is 23.2. The molecule has 0 bridgehead atoms. The van der Waals surface area contributed by atoms with Crippen molar-refractivity contribution in [1.82, 2.24) is 4.90 Å². The van der Waals surface area contributed by atoms with Crippen LogP contribution < -0.4 is 5.73 Å². The van der Waals surface area contributed by atoms with Crippen LogP contribution in [0.5, 0.6) is 0 Å². The Labute approximate surface area is 132 Å². The maximum Gasteiger partial charge on any atom is 0.156 e. The Bertz CT molecular complexity index is 475. The van der Waals surface area contributed by atoms with E-state index in [4.69, 9.17) is 10.9 Å². The van der Waals surface area contributed by atoms with Crippen molar-refractivity contribution in [3.8, 4) is 0 Å². The van der Waals surface area contributed by atoms with Crippen LogP contribution in [0.15, 0.2) is 5.16 Å². The zero-order valence-corrected chi connectivity index (χ0v) is 14.9. The molecule has 1 rings (SSSR count). The quantitative estimate of drug-likeness (QED) is 0.338. The Morgan fingerprint density at radius 1 is 1.38 bits per heavy atom. The fourth-order valence-corrected chi connectivity index (χ4v) is 4.30. The third-order valence-electron chi connectivity index (χ3n) is 4.24. The number of amidine groups is 1. The number of oxime groups is 1. The molecule has 124 valence electrons. The summed E-state index contributed by atoms with van der Waals surface area (Å²) >= 11 is 1.60. The van der Waals surface area contributed by atoms with E-state index in [1.807, 2.05) is 6.26 Å². The Balaban J connectivity index is 2.59. The first-order valence-electron chi connectivity index (χ1n) is 7.06. The van der Waals surface area contributed by atoms with Crippen molar-refractivity contribution < 1.29 is 13.6 Å². The molecule has 0 aromatic rings. The van der Waals surface area contributed by atoms with Crippen LogP contribution in [0, 0.1) is 0 Å². The number of nitrogens with two attached hydrogens (primary N) is 1. The van der Waals surface area contributed by atoms with Gasteiger partial charge in [-0.15, -0.1) is 0 Å². The highest BCUT2D eigenvalue weighted by atomic mass is 32.2. The van der Waals surface area contributed by atoms with Gasteiger partial charge in [0.2, 0.25) is 0 Å². The minimum absolute atomic E-state index is 0.173. The van der Waals surface area contributed by atoms with Crippen molar-refractivity contribution in [1.29, 1.82) is 0 Å². The Kier molecular flexibility index (Phi) is 5.97. The molecular weight excluding hydrogens is 310 g/mol. The summed E-state index contributed by atoms with van der Waals surface area (Å²) in [5.74, 6) is 0.434. The van der Waals surface area contributed by atoms with Crippen molar-refractivity contribution in [2.24, 2.45) is 10.9 Å². The van der Waals surface area contributed by atoms with E-state index in [2.05, 4.69) is 10.1 Å². The first-order chi connectivity index (χ1) is 9.58. The molecule has 3 N–H and O–H groups in total. The van der Waals surface area contributed by atoms with Gasteiger partial charge in [0, 0.05) is 6.54 Å². The first kappa shape index (κ1) is 18.6. The first-order valence-corrected chi connectivity index (χ1v) is 9.93. The molecule has 1 aliphatic heterocycles. The van der Waals surface area contributed by atoms with Crippen LogP contribution in [-0.2, 0) is 9.84 Å². The molecule has 6 nitrogen and oxygen atoms in total. The van der Waals surface area contributed by atoms with Gasteiger partial charge < -0.3 is 15.8 Å². The molecule has 0 saturated carbocycles. The van der Waals surface area contributed by atoms with Crippen LogP contribution in [0.4, 0.5) is 0 Å². The van der Waals surface area contributed by atoms with Crippen molar-refractivity contribution >= 4 is 27.4 Å². The highest BCUT2D eigenvalue weighted by molar-refractivity contribution is 8.00. The zero-order valence-electron chi connectivity index (χ0n) is 13.3. The summed E-state index contributed by atoms with van der Waals surface area (Å²) in [6, 6.07) is 0. The van der Waals surface area contributed by atoms with E-state index in [9.17, 15) is 8.42 Å². The summed E-state index contributed by atoms with van der Waals surface area (Å²) in [6.07, 6.45) is 3.48. The second kappa shape index (κ2) is 6.75. The van der Waals surface area contributed by atoms with Gasteiger partial charge >= 0.3 is 0 Å². The minimum atomic E-state index is -3.09. The second-order valence-corrected chi connectivity index (χ2v) is 10.5. The van der Waals surface area contributed by atoms with E-state index < -0.39 is 14.6 Å². The summed E-state index contributed by atoms with van der Waals surface area (Å²) in [6.45, 7) is 7.26. The van der Waals surface area contributed by atoms with Gasteiger partial charge in [-0.25, -0.2) is 8.42 Å². The average molecular weight is 338 g/mol. The Morgan fingerprint density at radius 3 is 2.29 bits per heavy atom. The van der Waals surface area contributed by atoms with Gasteiger partial charge in [-0.1, -0.05) is 5.16 Å². The lowest BCUT2D eigenvalue weighted by Crippen LogP contribution is -2.51. The van der Waals surface area contributed by atoms with Crippen molar-refractivity contribution in [2.75, 3.05) is 31.6 Å². The molecule has 1 saturated heterocycles. The molecule has 0 radical (unpaired) electrons. The van der Waals surface area contributed by atoms with Gasteiger partial charge in [0.15, 0.2) is 15.7 Å². The number of sulfone groups is 1. The van der Waals surface area contributed by atoms with E-state index in [1.165, 1.54) is 0 Å². The predicted octanol–water partition coefficient (Wildman–Crippen LogP) is 1.14. The lowest BCUT2D eigenvalue weighted by Gasteiger charge is -2.39. The van der Waals surface area contributed by atoms with Crippen molar-refractivity contribution in [2.45, 2.75) is 43.1 Å². The molecular formula is C13H27N3O3S2. The van der Waals surface area contributed by atoms with Crippen LogP contribution in [0.3, 0.4) is 0 Å². The number of hydrogen-bond donors (Lipinski definition) is 2. The normalized spacial score (nSPS) is 21.4. The Hall–Kier alpha value is -0.470. The molecule has 0 unspecified atom stereocenters. The van der Waals surface area contributed by atoms with Crippen LogP contribution in [0.1, 0.15) is 33.6 Å². The zero-order chi connectivity index (χ0) is 16.3. The van der Waals surface area contributed by atoms with Gasteiger partial charge in [-0.05, 0) is 53.0 Å². The number of thioether (sulfide) groups is 1. The van der Waals surface area contributed by atoms with Crippen LogP contribution in [0.25, 0.3) is 0 Å². The fourth-order valence-electron chi connectivity index (χ4n) is 2.35. The average Bonchev–Trinajstić information content (AvgIpc) is 2.43. The third-order valence-corrected chi connectivity index (χ3v) is 8.22. The van der Waals surface area contributed by atoms with E-state index in [-0.39, 0.29) is 16.3 Å². The molecule has 0 aliphatic carbocycles. The van der Waals surface area contributed by atoms with Gasteiger partial charge in [0.25, 0.3) is 0 Å². The summed E-state index contributed by atoms with van der Waals surface area (Å²) in [4.78, 5) is 2.14. The lowest BCUT2D eigenvalue weighted by molar-refractivity contribution is 0.227. The van der Waals surface area contributed by atoms with Crippen LogP contribution >= 0.6 is 11.8 Å². The molecule has 0 atom stereocenters. The summed E-state index contributed by atoms with van der Waals surface area (Å²) in [7, 11) is -3.09. The van der Waals surface area contributed by atoms with Gasteiger partial charge in [-0.2, -0.15) is 11.8 Å². The van der Waals surface area contributed by atoms with Gasteiger partial charge in [0.1, 0.15) is 0 Å². The monoisotopic (exact) mass is 337 g/mol. The largest absolute Gasteiger partial charge is 0.409 e. The molecule has 0 aromatic carbocycles. The van der Waals surface area contributed by atoms with Crippen LogP contribution in [0.2, 0.25) is 0 Å². The standard InChI is InChI=1S/C13H27N3O3S2/c1-12(2,3)21(18,19)10-9-16-7-5-13(20-4,6-8-16)11(14)15-17/h17H,5-10H2,1-4H3,(H2,14,15). The summed E-state index contributed by atoms with van der Waals surface area (Å²) in [5, 5.41) is 12.1. The Morgan fingerprint density at radius 2 is 1.90 bits per heavy atom. The van der Waals surface area contributed by atoms with Crippen molar-refractivity contribution in [3.63, 3.8) is 0 Å². The van der Waals surface area contributed by atoms with Crippen LogP contribution in [-0.4, -0.2) is 65.5 Å². The van der Waals surface area contributed by atoms with Gasteiger partial charge in [0.05, 0.1) is 15.2 Å². The number of hydrogen-bond acceptors (Lipinski definition) is 6. The highest BCUT2D eigenvalue weighted by Crippen LogP contribution is 2.34. The molecule has 0 aromatic heterocycles. The summed E-state index contributed by atoms with van der Waals surface area (Å²) in [5.41, 5.74) is 5.80.